The summed E-state index contributed by atoms with van der Waals surface area (Å²) in [7, 11) is -1.88. The van der Waals surface area contributed by atoms with E-state index in [1.165, 1.54) is 57.0 Å². The van der Waals surface area contributed by atoms with Crippen molar-refractivity contribution in [3.63, 3.8) is 0 Å². The van der Waals surface area contributed by atoms with E-state index in [9.17, 15) is 23.3 Å². The van der Waals surface area contributed by atoms with Gasteiger partial charge in [0.2, 0.25) is 0 Å². The van der Waals surface area contributed by atoms with E-state index in [0.29, 0.717) is 15.8 Å². The van der Waals surface area contributed by atoms with Crippen LogP contribution in [0.25, 0.3) is 0 Å². The van der Waals surface area contributed by atoms with Crippen LogP contribution in [0.2, 0.25) is 0 Å². The average Bonchev–Trinajstić information content (AvgIpc) is 3.35. The minimum atomic E-state index is -4.61. The zero-order valence-electron chi connectivity index (χ0n) is 18.1. The summed E-state index contributed by atoms with van der Waals surface area (Å²) in [6, 6.07) is 12.3. The van der Waals surface area contributed by atoms with E-state index in [1.807, 2.05) is 0 Å². The molecule has 0 unspecified atom stereocenters. The number of carbonyl (C=O) groups is 1. The highest BCUT2D eigenvalue weighted by Gasteiger charge is 2.34. The Balaban J connectivity index is 2.04. The van der Waals surface area contributed by atoms with Gasteiger partial charge in [-0.05, 0) is 30.3 Å². The van der Waals surface area contributed by atoms with Gasteiger partial charge in [0.25, 0.3) is 21.6 Å². The summed E-state index contributed by atoms with van der Waals surface area (Å²) in [5.41, 5.74) is 1.53. The number of para-hydroxylation sites is 1. The van der Waals surface area contributed by atoms with Gasteiger partial charge >= 0.3 is 0 Å². The normalized spacial score (nSPS) is 11.2. The highest BCUT2D eigenvalue weighted by molar-refractivity contribution is 7.93. The first kappa shape index (κ1) is 24.3. The maximum atomic E-state index is 13.6. The number of nitrogens with one attached hydrogen (secondary N) is 1. The van der Waals surface area contributed by atoms with Crippen LogP contribution >= 0.6 is 0 Å². The molecule has 0 bridgehead atoms. The molecule has 0 spiro atoms. The van der Waals surface area contributed by atoms with Gasteiger partial charge in [0.1, 0.15) is 23.8 Å². The molecule has 0 aliphatic rings. The molecule has 2 aromatic carbocycles. The lowest BCUT2D eigenvalue weighted by molar-refractivity contribution is -0.387. The number of nitrogens with zero attached hydrogens (tertiary/aromatic N) is 3. The van der Waals surface area contributed by atoms with Crippen LogP contribution in [0.4, 0.5) is 11.4 Å². The van der Waals surface area contributed by atoms with Gasteiger partial charge in [-0.2, -0.15) is 5.10 Å². The van der Waals surface area contributed by atoms with E-state index in [4.69, 9.17) is 13.9 Å². The van der Waals surface area contributed by atoms with Gasteiger partial charge in [0.15, 0.2) is 4.90 Å². The zero-order valence-corrected chi connectivity index (χ0v) is 18.9. The molecule has 13 heteroatoms. The highest BCUT2D eigenvalue weighted by Crippen LogP contribution is 2.37. The van der Waals surface area contributed by atoms with E-state index < -0.39 is 38.0 Å². The van der Waals surface area contributed by atoms with E-state index in [0.717, 1.165) is 12.1 Å². The average molecular weight is 488 g/mol. The largest absolute Gasteiger partial charge is 0.497 e. The Morgan fingerprint density at radius 2 is 1.94 bits per heavy atom. The summed E-state index contributed by atoms with van der Waals surface area (Å²) in [4.78, 5) is 22.7. The summed E-state index contributed by atoms with van der Waals surface area (Å²) in [6.45, 7) is -0.757. The van der Waals surface area contributed by atoms with Gasteiger partial charge in [0, 0.05) is 12.1 Å². The number of anilines is 1. The first-order chi connectivity index (χ1) is 16.3. The second-order valence-corrected chi connectivity index (χ2v) is 8.41. The number of ether oxygens (including phenoxy) is 2. The van der Waals surface area contributed by atoms with Crippen molar-refractivity contribution in [1.29, 1.82) is 0 Å². The lowest BCUT2D eigenvalue weighted by atomic mass is 10.2. The number of nitro benzene ring substituents is 1. The molecule has 0 fully saturated rings. The van der Waals surface area contributed by atoms with E-state index in [-0.39, 0.29) is 11.4 Å². The quantitative estimate of drug-likeness (QED) is 0.259. The molecule has 12 nitrogen and oxygen atoms in total. The van der Waals surface area contributed by atoms with Crippen molar-refractivity contribution < 1.29 is 32.0 Å². The van der Waals surface area contributed by atoms with E-state index in [2.05, 4.69) is 10.5 Å². The molecule has 1 heterocycles. The summed E-state index contributed by atoms with van der Waals surface area (Å²) >= 11 is 0. The Bertz CT molecular complexity index is 1310. The number of amides is 1. The van der Waals surface area contributed by atoms with Gasteiger partial charge in [-0.25, -0.2) is 13.8 Å². The van der Waals surface area contributed by atoms with Gasteiger partial charge in [0.05, 0.1) is 37.3 Å². The molecule has 0 atom stereocenters. The van der Waals surface area contributed by atoms with Crippen LogP contribution in [-0.2, 0) is 14.8 Å². The van der Waals surface area contributed by atoms with Crippen LogP contribution in [0.1, 0.15) is 5.76 Å². The van der Waals surface area contributed by atoms with Crippen molar-refractivity contribution in [1.82, 2.24) is 5.43 Å². The molecule has 3 rings (SSSR count). The Morgan fingerprint density at radius 1 is 1.18 bits per heavy atom. The Morgan fingerprint density at radius 3 is 2.59 bits per heavy atom. The Labute approximate surface area is 194 Å². The number of benzene rings is 2. The summed E-state index contributed by atoms with van der Waals surface area (Å²) < 4.78 is 43.4. The van der Waals surface area contributed by atoms with Crippen molar-refractivity contribution in [3.8, 4) is 11.5 Å². The van der Waals surface area contributed by atoms with Gasteiger partial charge in [-0.15, -0.1) is 0 Å². The number of carbonyl (C=O) groups excluding carboxylic acids is 1. The molecule has 1 N–H and O–H groups in total. The highest BCUT2D eigenvalue weighted by atomic mass is 32.2. The summed E-state index contributed by atoms with van der Waals surface area (Å²) in [6.07, 6.45) is 2.65. The van der Waals surface area contributed by atoms with Crippen LogP contribution in [0, 0.1) is 10.1 Å². The van der Waals surface area contributed by atoms with Gasteiger partial charge in [-0.1, -0.05) is 12.1 Å². The SMILES string of the molecule is COc1ccc(N(CC(=O)N/N=C/c2ccco2)S(=O)(=O)c2ccccc2[N+](=O)[O-])c(OC)c1. The fourth-order valence-electron chi connectivity index (χ4n) is 2.93. The molecule has 0 saturated carbocycles. The molecule has 178 valence electrons. The third-order valence-corrected chi connectivity index (χ3v) is 6.30. The molecule has 0 saturated heterocycles. The number of hydrogen-bond acceptors (Lipinski definition) is 9. The maximum absolute atomic E-state index is 13.6. The molecule has 0 aliphatic carbocycles. The molecular formula is C21H20N4O8S. The third-order valence-electron chi connectivity index (χ3n) is 4.50. The first-order valence-electron chi connectivity index (χ1n) is 9.61. The standard InChI is InChI=1S/C21H20N4O8S/c1-31-15-9-10-17(19(12-15)32-2)24(14-21(26)23-22-13-16-6-5-11-33-16)34(29,30)20-8-4-3-7-18(20)25(27)28/h3-13H,14H2,1-2H3,(H,23,26)/b22-13+. The van der Waals surface area contributed by atoms with Gasteiger partial charge in [-0.3, -0.25) is 19.2 Å². The zero-order chi connectivity index (χ0) is 24.7. The summed E-state index contributed by atoms with van der Waals surface area (Å²) in [5, 5.41) is 15.2. The molecule has 0 radical (unpaired) electrons. The molecule has 34 heavy (non-hydrogen) atoms. The van der Waals surface area contributed by atoms with Crippen LogP contribution in [0.5, 0.6) is 11.5 Å². The smallest absolute Gasteiger partial charge is 0.289 e. The first-order valence-corrected chi connectivity index (χ1v) is 11.1. The fourth-order valence-corrected chi connectivity index (χ4v) is 4.53. The van der Waals surface area contributed by atoms with Crippen molar-refractivity contribution in [2.24, 2.45) is 5.10 Å². The second kappa shape index (κ2) is 10.5. The van der Waals surface area contributed by atoms with Crippen LogP contribution < -0.4 is 19.2 Å². The number of hydrogen-bond donors (Lipinski definition) is 1. The maximum Gasteiger partial charge on any atom is 0.289 e. The minimum Gasteiger partial charge on any atom is -0.497 e. The molecule has 1 aromatic heterocycles. The van der Waals surface area contributed by atoms with Crippen molar-refractivity contribution in [2.75, 3.05) is 25.1 Å². The number of furan rings is 1. The Hall–Kier alpha value is -4.39. The number of methoxy groups -OCH3 is 2. The summed E-state index contributed by atoms with van der Waals surface area (Å²) in [5.74, 6) is -0.0196. The molecule has 1 amide bonds. The van der Waals surface area contributed by atoms with Crippen LogP contribution in [0.15, 0.2) is 75.3 Å². The molecular weight excluding hydrogens is 468 g/mol. The van der Waals surface area contributed by atoms with E-state index >= 15 is 0 Å². The second-order valence-electron chi connectivity index (χ2n) is 6.58. The lowest BCUT2D eigenvalue weighted by Gasteiger charge is -2.25. The van der Waals surface area contributed by atoms with Crippen molar-refractivity contribution in [3.05, 3.63) is 76.7 Å². The number of nitro groups is 1. The lowest BCUT2D eigenvalue weighted by Crippen LogP contribution is -2.40. The number of rotatable bonds is 10. The fraction of sp³-hybridized carbons (Fsp3) is 0.143. The third kappa shape index (κ3) is 5.32. The monoisotopic (exact) mass is 488 g/mol. The van der Waals surface area contributed by atoms with Crippen LogP contribution in [0.3, 0.4) is 0 Å². The molecule has 3 aromatic rings. The number of hydrazone groups is 1. The topological polar surface area (TPSA) is 154 Å². The predicted octanol–water partition coefficient (Wildman–Crippen LogP) is 2.55. The van der Waals surface area contributed by atoms with Gasteiger partial charge < -0.3 is 13.9 Å². The van der Waals surface area contributed by atoms with Crippen molar-refractivity contribution in [2.45, 2.75) is 4.90 Å². The minimum absolute atomic E-state index is 0.0355. The van der Waals surface area contributed by atoms with E-state index in [1.54, 1.807) is 12.1 Å². The van der Waals surface area contributed by atoms with Crippen molar-refractivity contribution >= 4 is 33.5 Å². The predicted molar refractivity (Wildman–Crippen MR) is 122 cm³/mol. The molecule has 0 aliphatic heterocycles. The Kier molecular flexibility index (Phi) is 7.48. The van der Waals surface area contributed by atoms with Crippen LogP contribution in [-0.4, -0.2) is 46.2 Å². The number of sulfonamides is 1.